The number of amides is 1. The van der Waals surface area contributed by atoms with Crippen LogP contribution >= 0.6 is 0 Å². The highest BCUT2D eigenvalue weighted by molar-refractivity contribution is 6.00. The fraction of sp³-hybridized carbons (Fsp3) is 0.148. The van der Waals surface area contributed by atoms with Gasteiger partial charge in [0.05, 0.1) is 24.6 Å². The van der Waals surface area contributed by atoms with Gasteiger partial charge < -0.3 is 20.7 Å². The molecule has 37 heavy (non-hydrogen) atoms. The van der Waals surface area contributed by atoms with E-state index in [4.69, 9.17) is 9.72 Å². The van der Waals surface area contributed by atoms with Gasteiger partial charge in [0, 0.05) is 30.1 Å². The molecule has 0 spiro atoms. The number of ether oxygens (including phenoxy) is 1. The molecule has 1 amide bonds. The van der Waals surface area contributed by atoms with Crippen molar-refractivity contribution < 1.29 is 9.53 Å². The van der Waals surface area contributed by atoms with Gasteiger partial charge in [0.15, 0.2) is 5.65 Å². The van der Waals surface area contributed by atoms with Gasteiger partial charge in [-0.3, -0.25) is 4.79 Å². The molecule has 1 aliphatic rings. The van der Waals surface area contributed by atoms with Crippen LogP contribution in [0.1, 0.15) is 22.8 Å². The summed E-state index contributed by atoms with van der Waals surface area (Å²) in [7, 11) is 0. The SMILES string of the molecule is C[C@H]1CNC(=O)c2cnn3cc(-c4ccccc4)c(nc23)NCc2cc(Nc3ccccn3)cnc2O1. The van der Waals surface area contributed by atoms with Crippen LogP contribution in [0.15, 0.2) is 79.4 Å². The van der Waals surface area contributed by atoms with Gasteiger partial charge in [0.25, 0.3) is 5.91 Å². The number of aromatic nitrogens is 5. The number of carbonyl (C=O) groups is 1. The first-order valence-corrected chi connectivity index (χ1v) is 11.9. The van der Waals surface area contributed by atoms with E-state index >= 15 is 0 Å². The van der Waals surface area contributed by atoms with E-state index in [9.17, 15) is 4.79 Å². The lowest BCUT2D eigenvalue weighted by Crippen LogP contribution is -2.33. The molecule has 0 saturated carbocycles. The number of nitrogens with one attached hydrogen (secondary N) is 3. The summed E-state index contributed by atoms with van der Waals surface area (Å²) in [5.74, 6) is 1.55. The minimum absolute atomic E-state index is 0.265. The molecule has 0 saturated heterocycles. The second kappa shape index (κ2) is 9.57. The summed E-state index contributed by atoms with van der Waals surface area (Å²) >= 11 is 0. The van der Waals surface area contributed by atoms with Crippen LogP contribution in [0.5, 0.6) is 5.88 Å². The number of hydrogen-bond acceptors (Lipinski definition) is 8. The fourth-order valence-electron chi connectivity index (χ4n) is 4.16. The molecular formula is C27H24N8O2. The smallest absolute Gasteiger partial charge is 0.256 e. The standard InChI is InChI=1S/C27H24N8O2/c1-17-12-30-26(36)21-15-32-35-16-22(18-7-3-2-4-8-18)24(34-25(21)35)29-13-19-11-20(14-31-27(19)37-17)33-23-9-5-6-10-28-23/h2-11,14-17H,12-13H2,1H3,(H,28,33)(H,29,34)(H,30,36)/t17-/m0/s1. The van der Waals surface area contributed by atoms with Crippen LogP contribution in [0.25, 0.3) is 16.8 Å². The van der Waals surface area contributed by atoms with Crippen molar-refractivity contribution in [1.29, 1.82) is 0 Å². The number of benzene rings is 1. The number of hydrogen-bond donors (Lipinski definition) is 3. The van der Waals surface area contributed by atoms with Crippen molar-refractivity contribution in [3.05, 3.63) is 90.5 Å². The third kappa shape index (κ3) is 4.64. The minimum Gasteiger partial charge on any atom is -0.473 e. The van der Waals surface area contributed by atoms with Gasteiger partial charge in [-0.15, -0.1) is 0 Å². The summed E-state index contributed by atoms with van der Waals surface area (Å²) in [4.78, 5) is 26.7. The molecule has 2 bridgehead atoms. The maximum atomic E-state index is 13.0. The zero-order valence-electron chi connectivity index (χ0n) is 20.0. The Labute approximate surface area is 212 Å². The summed E-state index contributed by atoms with van der Waals surface area (Å²) in [5.41, 5.74) is 4.29. The number of nitrogens with zero attached hydrogens (tertiary/aromatic N) is 5. The molecule has 10 nitrogen and oxygen atoms in total. The summed E-state index contributed by atoms with van der Waals surface area (Å²) in [5, 5.41) is 14.0. The molecular weight excluding hydrogens is 468 g/mol. The van der Waals surface area contributed by atoms with Crippen molar-refractivity contribution in [2.75, 3.05) is 17.2 Å². The lowest BCUT2D eigenvalue weighted by molar-refractivity contribution is 0.0932. The van der Waals surface area contributed by atoms with Gasteiger partial charge in [-0.25, -0.2) is 19.5 Å². The average molecular weight is 493 g/mol. The van der Waals surface area contributed by atoms with E-state index in [1.165, 1.54) is 6.20 Å². The number of anilines is 3. The second-order valence-electron chi connectivity index (χ2n) is 8.72. The highest BCUT2D eigenvalue weighted by atomic mass is 16.5. The van der Waals surface area contributed by atoms with Crippen molar-refractivity contribution in [1.82, 2.24) is 29.9 Å². The molecule has 1 aliphatic heterocycles. The van der Waals surface area contributed by atoms with Gasteiger partial charge in [-0.1, -0.05) is 36.4 Å². The number of fused-ring (bicyclic) bond motifs is 2. The molecule has 0 unspecified atom stereocenters. The summed E-state index contributed by atoms with van der Waals surface area (Å²) in [6.45, 7) is 2.58. The van der Waals surface area contributed by atoms with Crippen molar-refractivity contribution in [3.8, 4) is 17.0 Å². The lowest BCUT2D eigenvalue weighted by Gasteiger charge is -2.18. The van der Waals surface area contributed by atoms with Crippen LogP contribution in [-0.4, -0.2) is 43.1 Å². The largest absolute Gasteiger partial charge is 0.473 e. The third-order valence-electron chi connectivity index (χ3n) is 5.99. The van der Waals surface area contributed by atoms with Gasteiger partial charge in [0.1, 0.15) is 23.3 Å². The monoisotopic (exact) mass is 492 g/mol. The number of carbonyl (C=O) groups excluding carboxylic acids is 1. The Hall–Kier alpha value is -4.99. The van der Waals surface area contributed by atoms with Gasteiger partial charge in [0.2, 0.25) is 5.88 Å². The Bertz CT molecular complexity index is 1570. The van der Waals surface area contributed by atoms with Crippen LogP contribution in [-0.2, 0) is 6.54 Å². The first kappa shape index (κ1) is 22.5. The predicted molar refractivity (Wildman–Crippen MR) is 140 cm³/mol. The average Bonchev–Trinajstić information content (AvgIpc) is 3.35. The topological polar surface area (TPSA) is 118 Å². The zero-order valence-corrected chi connectivity index (χ0v) is 20.0. The van der Waals surface area contributed by atoms with Gasteiger partial charge in [-0.05, 0) is 30.7 Å². The van der Waals surface area contributed by atoms with E-state index < -0.39 is 0 Å². The lowest BCUT2D eigenvalue weighted by atomic mass is 10.1. The Kier molecular flexibility index (Phi) is 5.81. The van der Waals surface area contributed by atoms with Crippen molar-refractivity contribution in [3.63, 3.8) is 0 Å². The maximum absolute atomic E-state index is 13.0. The van der Waals surface area contributed by atoms with E-state index in [0.717, 1.165) is 22.4 Å². The Morgan fingerprint density at radius 3 is 2.73 bits per heavy atom. The van der Waals surface area contributed by atoms with Crippen LogP contribution in [0, 0.1) is 0 Å². The molecule has 5 heterocycles. The molecule has 10 heteroatoms. The summed E-state index contributed by atoms with van der Waals surface area (Å²) in [6.07, 6.45) is 6.54. The van der Waals surface area contributed by atoms with Crippen molar-refractivity contribution in [2.24, 2.45) is 0 Å². The van der Waals surface area contributed by atoms with E-state index in [0.29, 0.717) is 41.8 Å². The zero-order chi connectivity index (χ0) is 25.2. The Balaban J connectivity index is 1.43. The van der Waals surface area contributed by atoms with Crippen LogP contribution < -0.4 is 20.7 Å². The molecule has 3 N–H and O–H groups in total. The second-order valence-corrected chi connectivity index (χ2v) is 8.72. The van der Waals surface area contributed by atoms with E-state index in [1.807, 2.05) is 67.7 Å². The summed E-state index contributed by atoms with van der Waals surface area (Å²) in [6, 6.07) is 17.6. The molecule has 5 aromatic rings. The van der Waals surface area contributed by atoms with Crippen LogP contribution in [0.4, 0.5) is 17.3 Å². The predicted octanol–water partition coefficient (Wildman–Crippen LogP) is 4.05. The third-order valence-corrected chi connectivity index (χ3v) is 5.99. The summed E-state index contributed by atoms with van der Waals surface area (Å²) < 4.78 is 7.77. The molecule has 0 fully saturated rings. The molecule has 1 atom stereocenters. The van der Waals surface area contributed by atoms with Crippen LogP contribution in [0.3, 0.4) is 0 Å². The maximum Gasteiger partial charge on any atom is 0.256 e. The molecule has 4 aromatic heterocycles. The number of rotatable bonds is 3. The molecule has 1 aromatic carbocycles. The molecule has 184 valence electrons. The minimum atomic E-state index is -0.312. The van der Waals surface area contributed by atoms with E-state index in [-0.39, 0.29) is 12.0 Å². The Morgan fingerprint density at radius 2 is 1.89 bits per heavy atom. The first-order valence-electron chi connectivity index (χ1n) is 11.9. The van der Waals surface area contributed by atoms with Gasteiger partial charge in [-0.2, -0.15) is 5.10 Å². The van der Waals surface area contributed by atoms with Crippen molar-refractivity contribution in [2.45, 2.75) is 19.6 Å². The molecule has 0 aliphatic carbocycles. The molecule has 0 radical (unpaired) electrons. The quantitative estimate of drug-likeness (QED) is 0.345. The molecule has 6 rings (SSSR count). The van der Waals surface area contributed by atoms with Gasteiger partial charge >= 0.3 is 0 Å². The first-order chi connectivity index (χ1) is 18.1. The van der Waals surface area contributed by atoms with E-state index in [1.54, 1.807) is 16.9 Å². The van der Waals surface area contributed by atoms with E-state index in [2.05, 4.69) is 31.0 Å². The normalized spacial score (nSPS) is 15.4. The highest BCUT2D eigenvalue weighted by Gasteiger charge is 2.20. The number of pyridine rings is 2. The van der Waals surface area contributed by atoms with Crippen LogP contribution in [0.2, 0.25) is 0 Å². The van der Waals surface area contributed by atoms with Crippen molar-refractivity contribution >= 4 is 28.9 Å². The Morgan fingerprint density at radius 1 is 1.03 bits per heavy atom. The fourth-order valence-corrected chi connectivity index (χ4v) is 4.16. The highest BCUT2D eigenvalue weighted by Crippen LogP contribution is 2.30.